The van der Waals surface area contributed by atoms with Gasteiger partial charge in [0, 0.05) is 23.3 Å². The minimum Gasteiger partial charge on any atom is -0.481 e. The lowest BCUT2D eigenvalue weighted by Gasteiger charge is -2.66. The Morgan fingerprint density at radius 3 is 2.21 bits per heavy atom. The van der Waals surface area contributed by atoms with Crippen molar-refractivity contribution in [2.75, 3.05) is 13.2 Å². The number of esters is 3. The van der Waals surface area contributed by atoms with E-state index in [-0.39, 0.29) is 75.5 Å². The average molecular weight is 607 g/mol. The maximum atomic E-state index is 12.6. The second-order valence-corrected chi connectivity index (χ2v) is 13.5. The number of carboxylic acids is 2. The van der Waals surface area contributed by atoms with E-state index in [0.29, 0.717) is 44.9 Å². The van der Waals surface area contributed by atoms with E-state index in [1.165, 1.54) is 0 Å². The van der Waals surface area contributed by atoms with Gasteiger partial charge in [-0.3, -0.25) is 19.2 Å². The molecule has 0 aromatic rings. The molecule has 4 N–H and O–H groups in total. The van der Waals surface area contributed by atoms with Gasteiger partial charge in [-0.05, 0) is 74.7 Å². The van der Waals surface area contributed by atoms with Crippen molar-refractivity contribution in [2.45, 2.75) is 108 Å². The number of cyclic esters (lactones) is 1. The van der Waals surface area contributed by atoms with Crippen LogP contribution in [0.5, 0.6) is 0 Å². The molecule has 12 nitrogen and oxygen atoms in total. The van der Waals surface area contributed by atoms with Gasteiger partial charge in [0.15, 0.2) is 0 Å². The van der Waals surface area contributed by atoms with Crippen molar-refractivity contribution < 1.29 is 58.6 Å². The first-order chi connectivity index (χ1) is 20.2. The molecular formula is C31H42O12. The fraction of sp³-hybridized carbons (Fsp3) is 0.774. The Hall–Kier alpha value is -2.99. The highest BCUT2D eigenvalue weighted by atomic mass is 16.5. The largest absolute Gasteiger partial charge is 0.481 e. The summed E-state index contributed by atoms with van der Waals surface area (Å²) in [6.45, 7) is 2.16. The van der Waals surface area contributed by atoms with Crippen molar-refractivity contribution >= 4 is 29.8 Å². The van der Waals surface area contributed by atoms with E-state index in [1.807, 2.05) is 0 Å². The van der Waals surface area contributed by atoms with Crippen LogP contribution in [0.4, 0.5) is 0 Å². The lowest BCUT2D eigenvalue weighted by atomic mass is 9.41. The molecule has 8 atom stereocenters. The van der Waals surface area contributed by atoms with Crippen LogP contribution in [-0.4, -0.2) is 80.8 Å². The Balaban J connectivity index is 1.41. The molecular weight excluding hydrogens is 564 g/mol. The van der Waals surface area contributed by atoms with Crippen LogP contribution in [0.15, 0.2) is 11.6 Å². The van der Waals surface area contributed by atoms with Crippen LogP contribution in [0.3, 0.4) is 0 Å². The van der Waals surface area contributed by atoms with Gasteiger partial charge in [-0.25, -0.2) is 4.79 Å². The number of ether oxygens (including phenoxy) is 3. The number of hydrogen-bond donors (Lipinski definition) is 4. The molecule has 238 valence electrons. The van der Waals surface area contributed by atoms with Crippen LogP contribution in [0.2, 0.25) is 0 Å². The SMILES string of the molecule is C[C@]12CC[C@H]3[C@@H](CC[C@]4(O)C[C@@H](OC(=O)CCC(=O)O)CC[C@]34COC(=O)CCC(=O)O)[C@]1(O)CC[C@@H]2C1=CC(=O)OC1. The summed E-state index contributed by atoms with van der Waals surface area (Å²) in [7, 11) is 0. The number of hydrogen-bond acceptors (Lipinski definition) is 10. The summed E-state index contributed by atoms with van der Waals surface area (Å²) in [4.78, 5) is 58.7. The molecule has 43 heavy (non-hydrogen) atoms. The molecule has 5 aliphatic rings. The summed E-state index contributed by atoms with van der Waals surface area (Å²) in [6.07, 6.45) is 3.66. The van der Waals surface area contributed by atoms with E-state index in [1.54, 1.807) is 6.08 Å². The molecule has 0 aromatic heterocycles. The number of fused-ring (bicyclic) bond motifs is 5. The zero-order chi connectivity index (χ0) is 31.2. The Bertz CT molecular complexity index is 1210. The standard InChI is InChI=1S/C31H42O12/c1-28-10-7-21-22(31(28,40)13-9-20(28)18-14-27(38)41-16-18)8-12-30(39)15-19(43-26(37)5-3-24(34)35)6-11-29(21,30)17-42-25(36)4-2-23(32)33/h14,19-22,39-40H,2-13,15-17H2,1H3,(H,32,33)(H,34,35)/t19-,20+,21-,22+,28+,29-,30-,31+/m0/s1. The zero-order valence-corrected chi connectivity index (χ0v) is 24.5. The van der Waals surface area contributed by atoms with Gasteiger partial charge < -0.3 is 34.6 Å². The highest BCUT2D eigenvalue weighted by Gasteiger charge is 2.71. The van der Waals surface area contributed by atoms with Crippen LogP contribution in [0.1, 0.15) is 90.4 Å². The molecule has 4 fully saturated rings. The molecule has 1 heterocycles. The summed E-state index contributed by atoms with van der Waals surface area (Å²) in [5.74, 6) is -4.39. The van der Waals surface area contributed by atoms with E-state index in [2.05, 4.69) is 6.92 Å². The van der Waals surface area contributed by atoms with E-state index >= 15 is 0 Å². The van der Waals surface area contributed by atoms with Crippen molar-refractivity contribution in [3.63, 3.8) is 0 Å². The second-order valence-electron chi connectivity index (χ2n) is 13.5. The third-order valence-corrected chi connectivity index (χ3v) is 11.6. The van der Waals surface area contributed by atoms with Crippen molar-refractivity contribution in [1.29, 1.82) is 0 Å². The summed E-state index contributed by atoms with van der Waals surface area (Å²) in [6, 6.07) is 0. The molecule has 12 heteroatoms. The average Bonchev–Trinajstić information content (AvgIpc) is 3.49. The van der Waals surface area contributed by atoms with E-state index < -0.39 is 52.0 Å². The summed E-state index contributed by atoms with van der Waals surface area (Å²) >= 11 is 0. The molecule has 4 saturated carbocycles. The molecule has 0 unspecified atom stereocenters. The molecule has 1 aliphatic heterocycles. The minimum absolute atomic E-state index is 0.0172. The molecule has 0 aromatic carbocycles. The summed E-state index contributed by atoms with van der Waals surface area (Å²) < 4.78 is 16.5. The fourth-order valence-corrected chi connectivity index (χ4v) is 9.51. The van der Waals surface area contributed by atoms with Crippen LogP contribution < -0.4 is 0 Å². The molecule has 4 aliphatic carbocycles. The van der Waals surface area contributed by atoms with Gasteiger partial charge in [-0.1, -0.05) is 6.92 Å². The van der Waals surface area contributed by atoms with Gasteiger partial charge in [0.25, 0.3) is 0 Å². The van der Waals surface area contributed by atoms with Crippen LogP contribution in [0.25, 0.3) is 0 Å². The number of rotatable bonds is 10. The van der Waals surface area contributed by atoms with E-state index in [0.717, 1.165) is 5.57 Å². The number of carbonyl (C=O) groups is 5. The van der Waals surface area contributed by atoms with Gasteiger partial charge in [0.1, 0.15) is 12.7 Å². The predicted octanol–water partition coefficient (Wildman–Crippen LogP) is 2.52. The molecule has 0 amide bonds. The maximum Gasteiger partial charge on any atom is 0.331 e. The third kappa shape index (κ3) is 5.45. The molecule has 0 spiro atoms. The molecule has 0 bridgehead atoms. The zero-order valence-electron chi connectivity index (χ0n) is 24.5. The Morgan fingerprint density at radius 2 is 1.56 bits per heavy atom. The van der Waals surface area contributed by atoms with Gasteiger partial charge in [0.05, 0.1) is 43.5 Å². The van der Waals surface area contributed by atoms with Crippen LogP contribution >= 0.6 is 0 Å². The first kappa shape index (κ1) is 31.4. The Morgan fingerprint density at radius 1 is 0.884 bits per heavy atom. The van der Waals surface area contributed by atoms with Crippen molar-refractivity contribution in [1.82, 2.24) is 0 Å². The van der Waals surface area contributed by atoms with Crippen molar-refractivity contribution in [2.24, 2.45) is 28.6 Å². The quantitative estimate of drug-likeness (QED) is 0.210. The molecule has 5 rings (SSSR count). The number of carboxylic acid groups (broad SMARTS) is 2. The first-order valence-corrected chi connectivity index (χ1v) is 15.3. The summed E-state index contributed by atoms with van der Waals surface area (Å²) in [5, 5.41) is 42.8. The number of carbonyl (C=O) groups excluding carboxylic acids is 3. The van der Waals surface area contributed by atoms with Crippen LogP contribution in [0, 0.1) is 28.6 Å². The fourth-order valence-electron chi connectivity index (χ4n) is 9.51. The Labute approximate surface area is 249 Å². The van der Waals surface area contributed by atoms with E-state index in [4.69, 9.17) is 24.4 Å². The van der Waals surface area contributed by atoms with Crippen molar-refractivity contribution in [3.8, 4) is 0 Å². The summed E-state index contributed by atoms with van der Waals surface area (Å²) in [5.41, 5.74) is -3.05. The van der Waals surface area contributed by atoms with Gasteiger partial charge in [-0.2, -0.15) is 0 Å². The second kappa shape index (κ2) is 11.5. The molecule has 0 saturated heterocycles. The van der Waals surface area contributed by atoms with Crippen LogP contribution in [-0.2, 0) is 38.2 Å². The lowest BCUT2D eigenvalue weighted by Crippen LogP contribution is -2.69. The predicted molar refractivity (Wildman–Crippen MR) is 146 cm³/mol. The van der Waals surface area contributed by atoms with Crippen molar-refractivity contribution in [3.05, 3.63) is 11.6 Å². The highest BCUT2D eigenvalue weighted by molar-refractivity contribution is 5.85. The molecule has 0 radical (unpaired) electrons. The van der Waals surface area contributed by atoms with Gasteiger partial charge >= 0.3 is 29.8 Å². The smallest absolute Gasteiger partial charge is 0.331 e. The topological polar surface area (TPSA) is 194 Å². The number of aliphatic hydroxyl groups is 2. The lowest BCUT2D eigenvalue weighted by molar-refractivity contribution is -0.272. The maximum absolute atomic E-state index is 12.6. The first-order valence-electron chi connectivity index (χ1n) is 15.3. The normalized spacial score (nSPS) is 39.9. The van der Waals surface area contributed by atoms with Gasteiger partial charge in [-0.15, -0.1) is 0 Å². The number of aliphatic carboxylic acids is 2. The third-order valence-electron chi connectivity index (χ3n) is 11.6. The Kier molecular flexibility index (Phi) is 8.41. The minimum atomic E-state index is -1.40. The monoisotopic (exact) mass is 606 g/mol. The highest BCUT2D eigenvalue weighted by Crippen LogP contribution is 2.70. The van der Waals surface area contributed by atoms with E-state index in [9.17, 15) is 34.2 Å². The van der Waals surface area contributed by atoms with Gasteiger partial charge in [0.2, 0.25) is 0 Å².